The Morgan fingerprint density at radius 3 is 2.92 bits per heavy atom. The third-order valence-electron chi connectivity index (χ3n) is 1.84. The van der Waals surface area contributed by atoms with Crippen LogP contribution in [0.25, 0.3) is 0 Å². The van der Waals surface area contributed by atoms with E-state index in [1.165, 1.54) is 6.07 Å². The van der Waals surface area contributed by atoms with Crippen LogP contribution >= 0.6 is 0 Å². The Morgan fingerprint density at radius 1 is 1.69 bits per heavy atom. The van der Waals surface area contributed by atoms with Gasteiger partial charge in [-0.1, -0.05) is 6.08 Å². The fourth-order valence-electron chi connectivity index (χ4n) is 1.07. The Hall–Kier alpha value is -1.22. The molecule has 0 aliphatic carbocycles. The van der Waals surface area contributed by atoms with E-state index < -0.39 is 0 Å². The topological polar surface area (TPSA) is 38.9 Å². The van der Waals surface area contributed by atoms with Crippen molar-refractivity contribution in [2.24, 2.45) is 5.73 Å². The summed E-state index contributed by atoms with van der Waals surface area (Å²) in [5, 5.41) is 0. The average Bonchev–Trinajstić information content (AvgIpc) is 2.10. The van der Waals surface area contributed by atoms with Gasteiger partial charge in [0.2, 0.25) is 0 Å². The number of pyridine rings is 1. The highest BCUT2D eigenvalue weighted by atomic mass is 19.1. The third kappa shape index (κ3) is 2.36. The van der Waals surface area contributed by atoms with Gasteiger partial charge in [-0.3, -0.25) is 4.98 Å². The smallest absolute Gasteiger partial charge is 0.144 e. The number of rotatable bonds is 3. The van der Waals surface area contributed by atoms with Crippen LogP contribution in [0.5, 0.6) is 0 Å². The number of hydrogen-bond donors (Lipinski definition) is 1. The van der Waals surface area contributed by atoms with Gasteiger partial charge in [0.15, 0.2) is 0 Å². The summed E-state index contributed by atoms with van der Waals surface area (Å²) in [5.74, 6) is -0.297. The van der Waals surface area contributed by atoms with E-state index in [1.54, 1.807) is 19.1 Å². The molecule has 1 heterocycles. The first-order chi connectivity index (χ1) is 6.15. The molecule has 0 spiro atoms. The van der Waals surface area contributed by atoms with Crippen LogP contribution in [0.15, 0.2) is 24.8 Å². The van der Waals surface area contributed by atoms with Gasteiger partial charge in [-0.15, -0.1) is 6.58 Å². The highest BCUT2D eigenvalue weighted by molar-refractivity contribution is 5.15. The van der Waals surface area contributed by atoms with Crippen LogP contribution in [0, 0.1) is 12.7 Å². The summed E-state index contributed by atoms with van der Waals surface area (Å²) in [5.41, 5.74) is 6.86. The molecule has 0 amide bonds. The third-order valence-corrected chi connectivity index (χ3v) is 1.84. The van der Waals surface area contributed by atoms with E-state index in [9.17, 15) is 4.39 Å². The number of aryl methyl sites for hydroxylation is 1. The van der Waals surface area contributed by atoms with Crippen LogP contribution in [0.2, 0.25) is 0 Å². The van der Waals surface area contributed by atoms with Gasteiger partial charge < -0.3 is 5.73 Å². The summed E-state index contributed by atoms with van der Waals surface area (Å²) >= 11 is 0. The normalized spacial score (nSPS) is 12.5. The zero-order valence-electron chi connectivity index (χ0n) is 7.63. The zero-order chi connectivity index (χ0) is 9.84. The minimum atomic E-state index is -0.297. The lowest BCUT2D eigenvalue weighted by molar-refractivity contribution is 0.600. The molecule has 3 heteroatoms. The van der Waals surface area contributed by atoms with Gasteiger partial charge in [-0.2, -0.15) is 0 Å². The van der Waals surface area contributed by atoms with Crippen LogP contribution in [-0.4, -0.2) is 4.98 Å². The predicted molar refractivity (Wildman–Crippen MR) is 50.7 cm³/mol. The predicted octanol–water partition coefficient (Wildman–Crippen LogP) is 2.11. The van der Waals surface area contributed by atoms with Gasteiger partial charge in [0.25, 0.3) is 0 Å². The van der Waals surface area contributed by atoms with E-state index in [0.29, 0.717) is 17.8 Å². The molecule has 1 aromatic heterocycles. The first kappa shape index (κ1) is 9.86. The maximum Gasteiger partial charge on any atom is 0.144 e. The molecule has 2 nitrogen and oxygen atoms in total. The SMILES string of the molecule is C=CC[C@@H](N)c1ccc(F)c(C)n1. The number of nitrogens with zero attached hydrogens (tertiary/aromatic N) is 1. The lowest BCUT2D eigenvalue weighted by Crippen LogP contribution is -2.11. The molecule has 1 rings (SSSR count). The van der Waals surface area contributed by atoms with Crippen LogP contribution in [0.1, 0.15) is 23.9 Å². The second kappa shape index (κ2) is 4.14. The highest BCUT2D eigenvalue weighted by Crippen LogP contribution is 2.13. The minimum absolute atomic E-state index is 0.184. The standard InChI is InChI=1S/C10H13FN2/c1-3-4-9(12)10-6-5-8(11)7(2)13-10/h3,5-6,9H,1,4,12H2,2H3/t9-/m1/s1. The number of halogens is 1. The molecule has 0 fully saturated rings. The molecule has 1 atom stereocenters. The molecule has 0 bridgehead atoms. The van der Waals surface area contributed by atoms with E-state index in [-0.39, 0.29) is 11.9 Å². The molecule has 70 valence electrons. The quantitative estimate of drug-likeness (QED) is 0.723. The first-order valence-electron chi connectivity index (χ1n) is 4.14. The Kier molecular flexibility index (Phi) is 3.14. The number of nitrogens with two attached hydrogens (primary N) is 1. The molecule has 0 unspecified atom stereocenters. The van der Waals surface area contributed by atoms with Crippen molar-refractivity contribution in [2.45, 2.75) is 19.4 Å². The molecule has 0 saturated heterocycles. The monoisotopic (exact) mass is 180 g/mol. The highest BCUT2D eigenvalue weighted by Gasteiger charge is 2.07. The Labute approximate surface area is 77.3 Å². The number of aromatic nitrogens is 1. The summed E-state index contributed by atoms with van der Waals surface area (Å²) in [6.45, 7) is 5.21. The van der Waals surface area contributed by atoms with Crippen LogP contribution < -0.4 is 5.73 Å². The second-order valence-electron chi connectivity index (χ2n) is 2.93. The maximum absolute atomic E-state index is 12.8. The van der Waals surface area contributed by atoms with Crippen molar-refractivity contribution in [1.82, 2.24) is 4.98 Å². The van der Waals surface area contributed by atoms with E-state index in [4.69, 9.17) is 5.73 Å². The Morgan fingerprint density at radius 2 is 2.38 bits per heavy atom. The number of hydrogen-bond acceptors (Lipinski definition) is 2. The lowest BCUT2D eigenvalue weighted by Gasteiger charge is -2.08. The summed E-state index contributed by atoms with van der Waals surface area (Å²) in [6, 6.07) is 2.81. The summed E-state index contributed by atoms with van der Waals surface area (Å²) in [7, 11) is 0. The zero-order valence-corrected chi connectivity index (χ0v) is 7.63. The van der Waals surface area contributed by atoms with Crippen molar-refractivity contribution in [2.75, 3.05) is 0 Å². The van der Waals surface area contributed by atoms with E-state index in [1.807, 2.05) is 0 Å². The van der Waals surface area contributed by atoms with E-state index in [2.05, 4.69) is 11.6 Å². The van der Waals surface area contributed by atoms with Crippen molar-refractivity contribution < 1.29 is 4.39 Å². The molecular formula is C10H13FN2. The lowest BCUT2D eigenvalue weighted by atomic mass is 10.1. The van der Waals surface area contributed by atoms with Gasteiger partial charge in [0.05, 0.1) is 17.4 Å². The Bertz CT molecular complexity index is 310. The molecular weight excluding hydrogens is 167 g/mol. The van der Waals surface area contributed by atoms with Crippen LogP contribution in [0.3, 0.4) is 0 Å². The van der Waals surface area contributed by atoms with Crippen LogP contribution in [-0.2, 0) is 0 Å². The van der Waals surface area contributed by atoms with Gasteiger partial charge >= 0.3 is 0 Å². The molecule has 0 aromatic carbocycles. The van der Waals surface area contributed by atoms with E-state index >= 15 is 0 Å². The fraction of sp³-hybridized carbons (Fsp3) is 0.300. The maximum atomic E-state index is 12.8. The first-order valence-corrected chi connectivity index (χ1v) is 4.14. The Balaban J connectivity index is 2.89. The van der Waals surface area contributed by atoms with Crippen molar-refractivity contribution in [3.05, 3.63) is 42.0 Å². The van der Waals surface area contributed by atoms with Gasteiger partial charge in [0.1, 0.15) is 5.82 Å². The summed E-state index contributed by atoms with van der Waals surface area (Å²) < 4.78 is 12.8. The van der Waals surface area contributed by atoms with Crippen molar-refractivity contribution in [3.8, 4) is 0 Å². The van der Waals surface area contributed by atoms with Gasteiger partial charge in [-0.25, -0.2) is 4.39 Å². The van der Waals surface area contributed by atoms with Crippen molar-refractivity contribution in [3.63, 3.8) is 0 Å². The molecule has 0 aliphatic rings. The summed E-state index contributed by atoms with van der Waals surface area (Å²) in [6.07, 6.45) is 2.38. The van der Waals surface area contributed by atoms with Crippen molar-refractivity contribution >= 4 is 0 Å². The van der Waals surface area contributed by atoms with Crippen molar-refractivity contribution in [1.29, 1.82) is 0 Å². The molecule has 1 aromatic rings. The average molecular weight is 180 g/mol. The molecule has 0 aliphatic heterocycles. The minimum Gasteiger partial charge on any atom is -0.322 e. The molecule has 0 saturated carbocycles. The molecule has 2 N–H and O–H groups in total. The van der Waals surface area contributed by atoms with Crippen LogP contribution in [0.4, 0.5) is 4.39 Å². The van der Waals surface area contributed by atoms with E-state index in [0.717, 1.165) is 0 Å². The molecule has 0 radical (unpaired) electrons. The fourth-order valence-corrected chi connectivity index (χ4v) is 1.07. The largest absolute Gasteiger partial charge is 0.322 e. The molecule has 13 heavy (non-hydrogen) atoms. The second-order valence-corrected chi connectivity index (χ2v) is 2.93. The summed E-state index contributed by atoms with van der Waals surface area (Å²) in [4.78, 5) is 4.04. The van der Waals surface area contributed by atoms with Gasteiger partial charge in [0, 0.05) is 0 Å². The van der Waals surface area contributed by atoms with Gasteiger partial charge in [-0.05, 0) is 25.5 Å².